The minimum Gasteiger partial charge on any atom is -0.321 e. The highest BCUT2D eigenvalue weighted by Gasteiger charge is 2.22. The first-order valence-electron chi connectivity index (χ1n) is 8.76. The number of rotatable bonds is 6. The van der Waals surface area contributed by atoms with Gasteiger partial charge < -0.3 is 5.73 Å². The Hall–Kier alpha value is -2.22. The van der Waals surface area contributed by atoms with Gasteiger partial charge >= 0.3 is 0 Å². The van der Waals surface area contributed by atoms with Gasteiger partial charge in [-0.15, -0.1) is 10.2 Å². The normalized spacial score (nSPS) is 14.2. The van der Waals surface area contributed by atoms with Gasteiger partial charge in [0.25, 0.3) is 0 Å². The molecule has 7 heteroatoms. The third-order valence-electron chi connectivity index (χ3n) is 4.44. The third-order valence-corrected chi connectivity index (χ3v) is 5.91. The molecular formula is C20H21N5S2. The van der Waals surface area contributed by atoms with Crippen LogP contribution in [0, 0.1) is 0 Å². The molecule has 0 aliphatic carbocycles. The van der Waals surface area contributed by atoms with E-state index in [1.54, 1.807) is 23.5 Å². The number of nitrogens with one attached hydrogen (secondary N) is 1. The third kappa shape index (κ3) is 3.90. The van der Waals surface area contributed by atoms with Gasteiger partial charge in [0.1, 0.15) is 0 Å². The molecule has 1 aromatic heterocycles. The largest absolute Gasteiger partial charge is 0.321 e. The van der Waals surface area contributed by atoms with E-state index in [1.807, 2.05) is 10.7 Å². The first kappa shape index (κ1) is 18.2. The number of hydrogen-bond donors (Lipinski definition) is 2. The van der Waals surface area contributed by atoms with Crippen LogP contribution in [0.5, 0.6) is 0 Å². The van der Waals surface area contributed by atoms with Gasteiger partial charge in [-0.1, -0.05) is 66.4 Å². The summed E-state index contributed by atoms with van der Waals surface area (Å²) >= 11 is 3.35. The topological polar surface area (TPSA) is 68.8 Å². The second-order valence-corrected chi connectivity index (χ2v) is 8.09. The van der Waals surface area contributed by atoms with Crippen LogP contribution in [0.1, 0.15) is 23.9 Å². The van der Waals surface area contributed by atoms with Gasteiger partial charge in [0.15, 0.2) is 5.82 Å². The maximum atomic E-state index is 6.31. The van der Waals surface area contributed by atoms with Crippen LogP contribution >= 0.6 is 23.5 Å². The van der Waals surface area contributed by atoms with E-state index in [4.69, 9.17) is 5.73 Å². The molecule has 1 atom stereocenters. The molecule has 0 fully saturated rings. The zero-order valence-corrected chi connectivity index (χ0v) is 16.6. The van der Waals surface area contributed by atoms with Crippen LogP contribution in [0.2, 0.25) is 0 Å². The summed E-state index contributed by atoms with van der Waals surface area (Å²) in [6, 6.07) is 18.8. The molecule has 5 nitrogen and oxygen atoms in total. The van der Waals surface area contributed by atoms with Gasteiger partial charge in [-0.2, -0.15) is 11.8 Å². The summed E-state index contributed by atoms with van der Waals surface area (Å²) in [5.74, 6) is 1.78. The van der Waals surface area contributed by atoms with Crippen molar-refractivity contribution in [1.82, 2.24) is 14.9 Å². The summed E-state index contributed by atoms with van der Waals surface area (Å²) in [7, 11) is 0. The number of hydrogen-bond acceptors (Lipinski definition) is 6. The Morgan fingerprint density at radius 2 is 1.74 bits per heavy atom. The fraction of sp³-hybridized carbons (Fsp3) is 0.200. The Morgan fingerprint density at radius 1 is 1.04 bits per heavy atom. The molecule has 2 aromatic carbocycles. The maximum absolute atomic E-state index is 6.31. The molecule has 1 aliphatic heterocycles. The molecule has 0 bridgehead atoms. The minimum atomic E-state index is -0.133. The number of benzene rings is 2. The second-order valence-electron chi connectivity index (χ2n) is 6.27. The lowest BCUT2D eigenvalue weighted by Gasteiger charge is -2.21. The Morgan fingerprint density at radius 3 is 2.48 bits per heavy atom. The molecule has 3 N–H and O–H groups in total. The van der Waals surface area contributed by atoms with Crippen LogP contribution in [0.4, 0.5) is 0 Å². The summed E-state index contributed by atoms with van der Waals surface area (Å²) in [4.78, 5) is 0. The van der Waals surface area contributed by atoms with Crippen molar-refractivity contribution in [2.75, 3.05) is 17.4 Å². The van der Waals surface area contributed by atoms with E-state index < -0.39 is 0 Å². The lowest BCUT2D eigenvalue weighted by atomic mass is 10.0. The Kier molecular flexibility index (Phi) is 5.52. The van der Waals surface area contributed by atoms with Crippen LogP contribution in [0.15, 0.2) is 65.2 Å². The van der Waals surface area contributed by atoms with Crippen LogP contribution in [0.3, 0.4) is 0 Å². The highest BCUT2D eigenvalue weighted by Crippen LogP contribution is 2.31. The molecule has 3 aromatic rings. The predicted octanol–water partition coefficient (Wildman–Crippen LogP) is 4.35. The number of nitrogens with two attached hydrogens (primary N) is 1. The van der Waals surface area contributed by atoms with Crippen molar-refractivity contribution in [1.29, 1.82) is 0 Å². The first-order chi connectivity index (χ1) is 13.3. The molecule has 0 amide bonds. The van der Waals surface area contributed by atoms with Crippen molar-refractivity contribution in [3.8, 4) is 11.1 Å². The molecule has 0 saturated carbocycles. The summed E-state index contributed by atoms with van der Waals surface area (Å²) in [5.41, 5.74) is 14.3. The van der Waals surface area contributed by atoms with Crippen LogP contribution in [-0.2, 0) is 0 Å². The molecular weight excluding hydrogens is 374 g/mol. The maximum Gasteiger partial charge on any atom is 0.214 e. The van der Waals surface area contributed by atoms with E-state index in [0.717, 1.165) is 34.4 Å². The molecule has 2 heterocycles. The van der Waals surface area contributed by atoms with Crippen molar-refractivity contribution in [3.05, 3.63) is 71.4 Å². The predicted molar refractivity (Wildman–Crippen MR) is 115 cm³/mol. The smallest absolute Gasteiger partial charge is 0.214 e. The lowest BCUT2D eigenvalue weighted by Crippen LogP contribution is -2.24. The van der Waals surface area contributed by atoms with Gasteiger partial charge in [0.2, 0.25) is 5.16 Å². The van der Waals surface area contributed by atoms with Crippen LogP contribution in [0.25, 0.3) is 16.8 Å². The quantitative estimate of drug-likeness (QED) is 0.647. The highest BCUT2D eigenvalue weighted by atomic mass is 32.2. The van der Waals surface area contributed by atoms with E-state index in [1.165, 1.54) is 11.1 Å². The standard InChI is InChI=1S/C20H21N5S2/c1-26-12-11-17(21)19-22-23-20-25(19)24-18(13-27-20)16-9-7-15(8-10-16)14-5-3-2-4-6-14/h2-10,13,17,24H,11-12,21H2,1H3/t17-/m0/s1. The number of nitrogens with zero attached hydrogens (tertiary/aromatic N) is 3. The molecule has 0 radical (unpaired) electrons. The van der Waals surface area contributed by atoms with Crippen molar-refractivity contribution in [2.24, 2.45) is 5.73 Å². The average molecular weight is 396 g/mol. The number of fused-ring (bicyclic) bond motifs is 1. The zero-order valence-electron chi connectivity index (χ0n) is 15.0. The Labute approximate surface area is 167 Å². The van der Waals surface area contributed by atoms with Gasteiger partial charge in [-0.25, -0.2) is 4.68 Å². The minimum absolute atomic E-state index is 0.133. The van der Waals surface area contributed by atoms with Gasteiger partial charge in [-0.3, -0.25) is 5.43 Å². The van der Waals surface area contributed by atoms with Crippen molar-refractivity contribution in [3.63, 3.8) is 0 Å². The monoisotopic (exact) mass is 395 g/mol. The molecule has 1 aliphatic rings. The van der Waals surface area contributed by atoms with Gasteiger partial charge in [0, 0.05) is 5.41 Å². The fourth-order valence-corrected chi connectivity index (χ4v) is 4.17. The van der Waals surface area contributed by atoms with E-state index in [9.17, 15) is 0 Å². The number of thioether (sulfide) groups is 2. The van der Waals surface area contributed by atoms with Crippen molar-refractivity contribution >= 4 is 29.2 Å². The SMILES string of the molecule is CSCC[C@H](N)c1nnc2n1NC(c1ccc(-c3ccccc3)cc1)=CS2. The average Bonchev–Trinajstić information content (AvgIpc) is 3.16. The Balaban J connectivity index is 1.54. The zero-order chi connectivity index (χ0) is 18.6. The van der Waals surface area contributed by atoms with Crippen LogP contribution < -0.4 is 11.2 Å². The van der Waals surface area contributed by atoms with Crippen LogP contribution in [-0.4, -0.2) is 26.9 Å². The molecule has 0 unspecified atom stereocenters. The number of aromatic nitrogens is 3. The molecule has 138 valence electrons. The summed E-state index contributed by atoms with van der Waals surface area (Å²) in [6.07, 6.45) is 2.95. The molecule has 27 heavy (non-hydrogen) atoms. The molecule has 0 spiro atoms. The van der Waals surface area contributed by atoms with Gasteiger partial charge in [0.05, 0.1) is 11.7 Å². The first-order valence-corrected chi connectivity index (χ1v) is 11.0. The lowest BCUT2D eigenvalue weighted by molar-refractivity contribution is 0.617. The Bertz CT molecular complexity index is 935. The molecule has 0 saturated heterocycles. The van der Waals surface area contributed by atoms with E-state index >= 15 is 0 Å². The van der Waals surface area contributed by atoms with E-state index in [-0.39, 0.29) is 6.04 Å². The fourth-order valence-electron chi connectivity index (χ4n) is 2.94. The summed E-state index contributed by atoms with van der Waals surface area (Å²) < 4.78 is 1.91. The van der Waals surface area contributed by atoms with E-state index in [0.29, 0.717) is 0 Å². The highest BCUT2D eigenvalue weighted by molar-refractivity contribution is 8.02. The second kappa shape index (κ2) is 8.21. The molecule has 4 rings (SSSR count). The van der Waals surface area contributed by atoms with E-state index in [2.05, 4.69) is 75.8 Å². The van der Waals surface area contributed by atoms with Gasteiger partial charge in [-0.05, 0) is 35.1 Å². The van der Waals surface area contributed by atoms with Crippen molar-refractivity contribution < 1.29 is 0 Å². The summed E-state index contributed by atoms with van der Waals surface area (Å²) in [6.45, 7) is 0. The van der Waals surface area contributed by atoms with Crippen molar-refractivity contribution in [2.45, 2.75) is 17.6 Å². The summed E-state index contributed by atoms with van der Waals surface area (Å²) in [5, 5.41) is 11.4.